The van der Waals surface area contributed by atoms with Crippen LogP contribution in [0.2, 0.25) is 0 Å². The minimum atomic E-state index is 0.444. The number of nitrogens with one attached hydrogen (secondary N) is 1. The van der Waals surface area contributed by atoms with Crippen molar-refractivity contribution in [3.63, 3.8) is 0 Å². The van der Waals surface area contributed by atoms with Crippen molar-refractivity contribution in [3.8, 4) is 0 Å². The normalized spacial score (nSPS) is 20.7. The fraction of sp³-hybridized carbons (Fsp3) is 0.625. The van der Waals surface area contributed by atoms with Gasteiger partial charge in [0.2, 0.25) is 0 Å². The molecule has 1 saturated heterocycles. The molecule has 1 heterocycles. The molecule has 106 valence electrons. The Hall–Kier alpha value is -1.06. The average molecular weight is 262 g/mol. The highest BCUT2D eigenvalue weighted by atomic mass is 16.5. The van der Waals surface area contributed by atoms with Crippen LogP contribution in [0.15, 0.2) is 30.3 Å². The minimum Gasteiger partial charge on any atom is -0.383 e. The summed E-state index contributed by atoms with van der Waals surface area (Å²) >= 11 is 0. The summed E-state index contributed by atoms with van der Waals surface area (Å²) in [6, 6.07) is 10.9. The van der Waals surface area contributed by atoms with Crippen molar-refractivity contribution in [2.24, 2.45) is 0 Å². The second-order valence-corrected chi connectivity index (χ2v) is 5.32. The molecule has 2 atom stereocenters. The molecule has 1 fully saturated rings. The van der Waals surface area contributed by atoms with Crippen molar-refractivity contribution in [3.05, 3.63) is 30.3 Å². The van der Waals surface area contributed by atoms with Gasteiger partial charge in [-0.05, 0) is 38.4 Å². The van der Waals surface area contributed by atoms with E-state index in [1.165, 1.54) is 18.5 Å². The largest absolute Gasteiger partial charge is 0.383 e. The molecule has 0 radical (unpaired) electrons. The van der Waals surface area contributed by atoms with Gasteiger partial charge in [-0.2, -0.15) is 0 Å². The third kappa shape index (κ3) is 4.51. The van der Waals surface area contributed by atoms with Crippen LogP contribution < -0.4 is 5.32 Å². The molecule has 3 heteroatoms. The van der Waals surface area contributed by atoms with Gasteiger partial charge in [-0.3, -0.25) is 4.90 Å². The quantitative estimate of drug-likeness (QED) is 0.817. The number of para-hydroxylation sites is 1. The monoisotopic (exact) mass is 262 g/mol. The maximum absolute atomic E-state index is 5.74. The lowest BCUT2D eigenvalue weighted by molar-refractivity contribution is 0.0639. The second kappa shape index (κ2) is 7.51. The highest BCUT2D eigenvalue weighted by molar-refractivity contribution is 5.42. The van der Waals surface area contributed by atoms with Crippen LogP contribution in [-0.4, -0.2) is 43.3 Å². The van der Waals surface area contributed by atoms with Crippen LogP contribution in [0.3, 0.4) is 0 Å². The van der Waals surface area contributed by atoms with Crippen molar-refractivity contribution < 1.29 is 4.74 Å². The molecule has 0 aromatic heterocycles. The Morgan fingerprint density at radius 1 is 1.37 bits per heavy atom. The first kappa shape index (κ1) is 14.4. The Morgan fingerprint density at radius 2 is 2.16 bits per heavy atom. The Morgan fingerprint density at radius 3 is 2.79 bits per heavy atom. The van der Waals surface area contributed by atoms with E-state index in [2.05, 4.69) is 48.3 Å². The van der Waals surface area contributed by atoms with Gasteiger partial charge in [-0.15, -0.1) is 0 Å². The second-order valence-electron chi connectivity index (χ2n) is 5.32. The molecule has 1 aliphatic heterocycles. The molecule has 1 aliphatic rings. The van der Waals surface area contributed by atoms with Gasteiger partial charge in [0.25, 0.3) is 0 Å². The van der Waals surface area contributed by atoms with E-state index >= 15 is 0 Å². The molecule has 2 rings (SSSR count). The number of anilines is 1. The SMILES string of the molecule is CCN(CC1CCCO1)C(C)CNc1ccccc1. The van der Waals surface area contributed by atoms with E-state index in [1.807, 2.05) is 6.07 Å². The molecule has 0 spiro atoms. The molecular weight excluding hydrogens is 236 g/mol. The summed E-state index contributed by atoms with van der Waals surface area (Å²) in [6.45, 7) is 8.58. The molecule has 19 heavy (non-hydrogen) atoms. The molecule has 0 saturated carbocycles. The zero-order chi connectivity index (χ0) is 13.5. The van der Waals surface area contributed by atoms with E-state index in [0.29, 0.717) is 12.1 Å². The number of likely N-dealkylation sites (N-methyl/N-ethyl adjacent to an activating group) is 1. The van der Waals surface area contributed by atoms with Crippen LogP contribution in [0.1, 0.15) is 26.7 Å². The molecule has 1 aromatic carbocycles. The highest BCUT2D eigenvalue weighted by Gasteiger charge is 2.21. The number of nitrogens with zero attached hydrogens (tertiary/aromatic N) is 1. The molecule has 1 N–H and O–H groups in total. The van der Waals surface area contributed by atoms with Crippen LogP contribution in [-0.2, 0) is 4.74 Å². The fourth-order valence-corrected chi connectivity index (χ4v) is 2.62. The van der Waals surface area contributed by atoms with E-state index in [4.69, 9.17) is 4.74 Å². The van der Waals surface area contributed by atoms with Gasteiger partial charge < -0.3 is 10.1 Å². The zero-order valence-electron chi connectivity index (χ0n) is 12.1. The van der Waals surface area contributed by atoms with Crippen LogP contribution in [0.4, 0.5) is 5.69 Å². The van der Waals surface area contributed by atoms with Crippen molar-refractivity contribution in [2.75, 3.05) is 31.6 Å². The van der Waals surface area contributed by atoms with Crippen molar-refractivity contribution in [2.45, 2.75) is 38.8 Å². The van der Waals surface area contributed by atoms with Crippen LogP contribution in [0.25, 0.3) is 0 Å². The Kier molecular flexibility index (Phi) is 5.67. The first-order valence-electron chi connectivity index (χ1n) is 7.44. The molecule has 1 aromatic rings. The zero-order valence-corrected chi connectivity index (χ0v) is 12.1. The number of hydrogen-bond acceptors (Lipinski definition) is 3. The van der Waals surface area contributed by atoms with Gasteiger partial charge in [-0.1, -0.05) is 25.1 Å². The van der Waals surface area contributed by atoms with Gasteiger partial charge >= 0.3 is 0 Å². The smallest absolute Gasteiger partial charge is 0.0702 e. The van der Waals surface area contributed by atoms with Crippen LogP contribution in [0.5, 0.6) is 0 Å². The maximum Gasteiger partial charge on any atom is 0.0702 e. The fourth-order valence-electron chi connectivity index (χ4n) is 2.62. The molecule has 0 bridgehead atoms. The molecule has 2 unspecified atom stereocenters. The van der Waals surface area contributed by atoms with Gasteiger partial charge in [0.15, 0.2) is 0 Å². The van der Waals surface area contributed by atoms with E-state index in [-0.39, 0.29) is 0 Å². The first-order valence-corrected chi connectivity index (χ1v) is 7.44. The molecule has 0 amide bonds. The summed E-state index contributed by atoms with van der Waals surface area (Å²) < 4.78 is 5.74. The van der Waals surface area contributed by atoms with Gasteiger partial charge in [0, 0.05) is 31.4 Å². The van der Waals surface area contributed by atoms with E-state index in [1.54, 1.807) is 0 Å². The number of rotatable bonds is 7. The summed E-state index contributed by atoms with van der Waals surface area (Å²) in [5.41, 5.74) is 1.20. The van der Waals surface area contributed by atoms with E-state index in [9.17, 15) is 0 Å². The Labute approximate surface area is 116 Å². The number of ether oxygens (including phenoxy) is 1. The van der Waals surface area contributed by atoms with Gasteiger partial charge in [0.05, 0.1) is 6.10 Å². The lowest BCUT2D eigenvalue weighted by Gasteiger charge is -2.30. The number of benzene rings is 1. The topological polar surface area (TPSA) is 24.5 Å². The lowest BCUT2D eigenvalue weighted by atomic mass is 10.2. The van der Waals surface area contributed by atoms with E-state index in [0.717, 1.165) is 26.2 Å². The predicted molar refractivity (Wildman–Crippen MR) is 80.6 cm³/mol. The summed E-state index contributed by atoms with van der Waals surface area (Å²) in [5, 5.41) is 3.50. The summed E-state index contributed by atoms with van der Waals surface area (Å²) in [6.07, 6.45) is 2.88. The lowest BCUT2D eigenvalue weighted by Crippen LogP contribution is -2.42. The summed E-state index contributed by atoms with van der Waals surface area (Å²) in [4.78, 5) is 2.51. The summed E-state index contributed by atoms with van der Waals surface area (Å²) in [7, 11) is 0. The van der Waals surface area contributed by atoms with Crippen molar-refractivity contribution in [1.82, 2.24) is 4.90 Å². The molecule has 0 aliphatic carbocycles. The first-order chi connectivity index (χ1) is 9.29. The van der Waals surface area contributed by atoms with Gasteiger partial charge in [-0.25, -0.2) is 0 Å². The van der Waals surface area contributed by atoms with E-state index < -0.39 is 0 Å². The Bertz CT molecular complexity index is 349. The van der Waals surface area contributed by atoms with Gasteiger partial charge in [0.1, 0.15) is 0 Å². The minimum absolute atomic E-state index is 0.444. The third-order valence-electron chi connectivity index (χ3n) is 3.87. The Balaban J connectivity index is 1.77. The standard InChI is InChI=1S/C16H26N2O/c1-3-18(13-16-10-7-11-19-16)14(2)12-17-15-8-5-4-6-9-15/h4-6,8-9,14,16-17H,3,7,10-13H2,1-2H3. The highest BCUT2D eigenvalue weighted by Crippen LogP contribution is 2.15. The maximum atomic E-state index is 5.74. The third-order valence-corrected chi connectivity index (χ3v) is 3.87. The van der Waals surface area contributed by atoms with Crippen molar-refractivity contribution >= 4 is 5.69 Å². The number of hydrogen-bond donors (Lipinski definition) is 1. The molecular formula is C16H26N2O. The van der Waals surface area contributed by atoms with Crippen LogP contribution >= 0.6 is 0 Å². The average Bonchev–Trinajstić information content (AvgIpc) is 2.96. The summed E-state index contributed by atoms with van der Waals surface area (Å²) in [5.74, 6) is 0. The van der Waals surface area contributed by atoms with Crippen LogP contribution in [0, 0.1) is 0 Å². The predicted octanol–water partition coefficient (Wildman–Crippen LogP) is 2.99. The van der Waals surface area contributed by atoms with Crippen molar-refractivity contribution in [1.29, 1.82) is 0 Å². The molecule has 3 nitrogen and oxygen atoms in total.